The number of hydrogen-bond acceptors (Lipinski definition) is 3. The minimum absolute atomic E-state index is 0.0633. The lowest BCUT2D eigenvalue weighted by molar-refractivity contribution is -0.129. The summed E-state index contributed by atoms with van der Waals surface area (Å²) in [5, 5.41) is 3.38. The van der Waals surface area contributed by atoms with Crippen LogP contribution in [0.5, 0.6) is 0 Å². The Kier molecular flexibility index (Phi) is 4.97. The Morgan fingerprint density at radius 3 is 3.09 bits per heavy atom. The van der Waals surface area contributed by atoms with Gasteiger partial charge in [0.25, 0.3) is 5.91 Å². The number of carbonyl (C=O) groups is 2. The number of benzene rings is 1. The molecule has 0 unspecified atom stereocenters. The van der Waals surface area contributed by atoms with Crippen LogP contribution in [0.3, 0.4) is 0 Å². The van der Waals surface area contributed by atoms with Crippen molar-refractivity contribution in [3.05, 3.63) is 34.2 Å². The molecule has 4 nitrogen and oxygen atoms in total. The van der Waals surface area contributed by atoms with Crippen LogP contribution in [0, 0.1) is 0 Å². The zero-order valence-electron chi connectivity index (χ0n) is 13.0. The van der Waals surface area contributed by atoms with Gasteiger partial charge in [0.1, 0.15) is 0 Å². The maximum Gasteiger partial charge on any atom is 0.262 e. The molecule has 1 atom stereocenters. The smallest absolute Gasteiger partial charge is 0.262 e. The Morgan fingerprint density at radius 2 is 2.30 bits per heavy atom. The summed E-state index contributed by atoms with van der Waals surface area (Å²) < 4.78 is 0. The van der Waals surface area contributed by atoms with Crippen LogP contribution in [0.2, 0.25) is 5.02 Å². The van der Waals surface area contributed by atoms with Gasteiger partial charge in [0.15, 0.2) is 0 Å². The van der Waals surface area contributed by atoms with Crippen LogP contribution in [0.4, 0.5) is 5.69 Å². The van der Waals surface area contributed by atoms with E-state index in [0.29, 0.717) is 15.6 Å². The van der Waals surface area contributed by atoms with Gasteiger partial charge in [-0.05, 0) is 43.9 Å². The molecular weight excluding hydrogens is 332 g/mol. The van der Waals surface area contributed by atoms with Gasteiger partial charge in [-0.3, -0.25) is 9.59 Å². The van der Waals surface area contributed by atoms with Gasteiger partial charge >= 0.3 is 0 Å². The monoisotopic (exact) mass is 350 g/mol. The van der Waals surface area contributed by atoms with E-state index >= 15 is 0 Å². The van der Waals surface area contributed by atoms with E-state index in [2.05, 4.69) is 12.2 Å². The van der Waals surface area contributed by atoms with E-state index < -0.39 is 0 Å². The highest BCUT2D eigenvalue weighted by Gasteiger charge is 2.27. The average molecular weight is 351 g/mol. The third-order valence-electron chi connectivity index (χ3n) is 4.27. The van der Waals surface area contributed by atoms with Crippen molar-refractivity contribution in [2.75, 3.05) is 11.9 Å². The molecule has 0 spiro atoms. The predicted molar refractivity (Wildman–Crippen MR) is 93.7 cm³/mol. The first-order chi connectivity index (χ1) is 11.1. The normalized spacial score (nSPS) is 22.7. The second-order valence-corrected chi connectivity index (χ2v) is 7.31. The van der Waals surface area contributed by atoms with Crippen LogP contribution in [0.1, 0.15) is 32.6 Å². The van der Waals surface area contributed by atoms with E-state index in [-0.39, 0.29) is 17.9 Å². The number of nitrogens with zero attached hydrogens (tertiary/aromatic N) is 1. The SMILES string of the molecule is CC[C@H]1CCCCN1C(=O)/C=C1/Sc2ccc(Cl)cc2NC1=O. The molecular formula is C17H19ClN2O2S. The molecule has 1 saturated heterocycles. The fraction of sp³-hybridized carbons (Fsp3) is 0.412. The molecule has 0 radical (unpaired) electrons. The Labute approximate surface area is 145 Å². The summed E-state index contributed by atoms with van der Waals surface area (Å²) in [6.45, 7) is 2.88. The van der Waals surface area contributed by atoms with Crippen LogP contribution in [-0.2, 0) is 9.59 Å². The van der Waals surface area contributed by atoms with Crippen molar-refractivity contribution in [3.8, 4) is 0 Å². The van der Waals surface area contributed by atoms with E-state index in [9.17, 15) is 9.59 Å². The zero-order chi connectivity index (χ0) is 16.4. The lowest BCUT2D eigenvalue weighted by atomic mass is 10.00. The Bertz CT molecular complexity index is 675. The summed E-state index contributed by atoms with van der Waals surface area (Å²) in [7, 11) is 0. The van der Waals surface area contributed by atoms with E-state index in [1.165, 1.54) is 24.3 Å². The highest BCUT2D eigenvalue weighted by Crippen LogP contribution is 2.39. The van der Waals surface area contributed by atoms with E-state index in [1.54, 1.807) is 12.1 Å². The number of carbonyl (C=O) groups excluding carboxylic acids is 2. The molecule has 1 aromatic rings. The van der Waals surface area contributed by atoms with Crippen molar-refractivity contribution in [2.24, 2.45) is 0 Å². The molecule has 0 saturated carbocycles. The zero-order valence-corrected chi connectivity index (χ0v) is 14.5. The average Bonchev–Trinajstić information content (AvgIpc) is 2.55. The number of amides is 2. The Balaban J connectivity index is 1.80. The van der Waals surface area contributed by atoms with Crippen LogP contribution in [0.15, 0.2) is 34.1 Å². The lowest BCUT2D eigenvalue weighted by Gasteiger charge is -2.34. The maximum atomic E-state index is 12.6. The van der Waals surface area contributed by atoms with Crippen molar-refractivity contribution >= 4 is 40.9 Å². The molecule has 2 heterocycles. The van der Waals surface area contributed by atoms with E-state index in [0.717, 1.165) is 30.7 Å². The van der Waals surface area contributed by atoms with Gasteiger partial charge in [0.2, 0.25) is 5.91 Å². The number of anilines is 1. The number of hydrogen-bond donors (Lipinski definition) is 1. The molecule has 2 amide bonds. The largest absolute Gasteiger partial charge is 0.336 e. The molecule has 2 aliphatic heterocycles. The van der Waals surface area contributed by atoms with E-state index in [4.69, 9.17) is 11.6 Å². The highest BCUT2D eigenvalue weighted by molar-refractivity contribution is 8.04. The molecule has 1 aromatic carbocycles. The first kappa shape index (κ1) is 16.4. The summed E-state index contributed by atoms with van der Waals surface area (Å²) in [5.74, 6) is -0.310. The second-order valence-electron chi connectivity index (χ2n) is 5.79. The first-order valence-corrected chi connectivity index (χ1v) is 9.09. The number of halogens is 1. The number of thioether (sulfide) groups is 1. The summed E-state index contributed by atoms with van der Waals surface area (Å²) >= 11 is 7.26. The standard InChI is InChI=1S/C17H19ClN2O2S/c1-2-12-5-3-4-8-20(12)16(21)10-15-17(22)19-13-9-11(18)6-7-14(13)23-15/h6-7,9-10,12H,2-5,8H2,1H3,(H,19,22)/b15-10+/t12-/m0/s1. The lowest BCUT2D eigenvalue weighted by Crippen LogP contribution is -2.42. The summed E-state index contributed by atoms with van der Waals surface area (Å²) in [6.07, 6.45) is 5.68. The molecule has 0 aliphatic carbocycles. The quantitative estimate of drug-likeness (QED) is 0.818. The van der Waals surface area contributed by atoms with Crippen molar-refractivity contribution in [1.82, 2.24) is 4.90 Å². The van der Waals surface area contributed by atoms with Gasteiger partial charge in [-0.1, -0.05) is 30.3 Å². The fourth-order valence-electron chi connectivity index (χ4n) is 3.04. The van der Waals surface area contributed by atoms with Crippen molar-refractivity contribution < 1.29 is 9.59 Å². The number of fused-ring (bicyclic) bond motifs is 1. The van der Waals surface area contributed by atoms with Crippen molar-refractivity contribution in [2.45, 2.75) is 43.5 Å². The van der Waals surface area contributed by atoms with Crippen LogP contribution >= 0.6 is 23.4 Å². The Hall–Kier alpha value is -1.46. The molecule has 122 valence electrons. The van der Waals surface area contributed by atoms with Gasteiger partial charge < -0.3 is 10.2 Å². The molecule has 1 N–H and O–H groups in total. The van der Waals surface area contributed by atoms with Crippen molar-refractivity contribution in [1.29, 1.82) is 0 Å². The van der Waals surface area contributed by atoms with E-state index in [1.807, 2.05) is 11.0 Å². The molecule has 2 aliphatic rings. The third-order valence-corrected chi connectivity index (χ3v) is 5.60. The summed E-state index contributed by atoms with van der Waals surface area (Å²) in [4.78, 5) is 28.0. The number of likely N-dealkylation sites (tertiary alicyclic amines) is 1. The minimum Gasteiger partial charge on any atom is -0.336 e. The van der Waals surface area contributed by atoms with Gasteiger partial charge in [-0.15, -0.1) is 0 Å². The van der Waals surface area contributed by atoms with Crippen molar-refractivity contribution in [3.63, 3.8) is 0 Å². The third kappa shape index (κ3) is 3.56. The molecule has 6 heteroatoms. The van der Waals surface area contributed by atoms with Crippen LogP contribution in [0.25, 0.3) is 0 Å². The number of rotatable bonds is 2. The molecule has 1 fully saturated rings. The number of nitrogens with one attached hydrogen (secondary N) is 1. The fourth-order valence-corrected chi connectivity index (χ4v) is 4.11. The summed E-state index contributed by atoms with van der Waals surface area (Å²) in [6, 6.07) is 5.64. The van der Waals surface area contributed by atoms with Gasteiger partial charge in [0.05, 0.1) is 10.6 Å². The maximum absolute atomic E-state index is 12.6. The van der Waals surface area contributed by atoms with Gasteiger partial charge in [-0.2, -0.15) is 0 Å². The van der Waals surface area contributed by atoms with Crippen LogP contribution < -0.4 is 5.32 Å². The Morgan fingerprint density at radius 1 is 1.48 bits per heavy atom. The highest BCUT2D eigenvalue weighted by atomic mass is 35.5. The van der Waals surface area contributed by atoms with Gasteiger partial charge in [0, 0.05) is 28.6 Å². The van der Waals surface area contributed by atoms with Gasteiger partial charge in [-0.25, -0.2) is 0 Å². The molecule has 23 heavy (non-hydrogen) atoms. The molecule has 0 bridgehead atoms. The van der Waals surface area contributed by atoms with Crippen LogP contribution in [-0.4, -0.2) is 29.3 Å². The first-order valence-electron chi connectivity index (χ1n) is 7.89. The predicted octanol–water partition coefficient (Wildman–Crippen LogP) is 4.06. The topological polar surface area (TPSA) is 49.4 Å². The second kappa shape index (κ2) is 6.97. The summed E-state index contributed by atoms with van der Waals surface area (Å²) in [5.41, 5.74) is 0.696. The molecule has 0 aromatic heterocycles. The number of piperidine rings is 1. The molecule has 3 rings (SSSR count). The minimum atomic E-state index is -0.247.